The fourth-order valence-corrected chi connectivity index (χ4v) is 2.15. The van der Waals surface area contributed by atoms with E-state index in [4.69, 9.17) is 4.52 Å². The fraction of sp³-hybridized carbons (Fsp3) is 0.333. The van der Waals surface area contributed by atoms with Gasteiger partial charge >= 0.3 is 0 Å². The minimum Gasteiger partial charge on any atom is -0.381 e. The van der Waals surface area contributed by atoms with Gasteiger partial charge in [-0.2, -0.15) is 0 Å². The monoisotopic (exact) mass is 273 g/mol. The maximum Gasteiger partial charge on any atom is 0.251 e. The van der Waals surface area contributed by atoms with Gasteiger partial charge in [-0.05, 0) is 38.5 Å². The van der Waals surface area contributed by atoms with Crippen LogP contribution in [0.5, 0.6) is 0 Å². The molecule has 20 heavy (non-hydrogen) atoms. The molecule has 1 aromatic carbocycles. The molecule has 0 radical (unpaired) electrons. The first kappa shape index (κ1) is 14.1. The van der Waals surface area contributed by atoms with Crippen LogP contribution in [-0.4, -0.2) is 18.1 Å². The van der Waals surface area contributed by atoms with E-state index < -0.39 is 0 Å². The average Bonchev–Trinajstić information content (AvgIpc) is 2.76. The highest BCUT2D eigenvalue weighted by Gasteiger charge is 2.12. The summed E-state index contributed by atoms with van der Waals surface area (Å²) in [6.07, 6.45) is 0. The predicted octanol–water partition coefficient (Wildman–Crippen LogP) is 2.57. The first-order chi connectivity index (χ1) is 9.54. The van der Waals surface area contributed by atoms with Crippen molar-refractivity contribution in [3.05, 3.63) is 46.3 Å². The number of aromatic nitrogens is 1. The Morgan fingerprint density at radius 3 is 2.65 bits per heavy atom. The minimum atomic E-state index is -0.0801. The molecule has 0 bridgehead atoms. The fourth-order valence-electron chi connectivity index (χ4n) is 2.15. The second kappa shape index (κ2) is 5.77. The van der Waals surface area contributed by atoms with Crippen molar-refractivity contribution in [1.82, 2.24) is 10.5 Å². The number of hydrogen-bond donors (Lipinski definition) is 2. The van der Waals surface area contributed by atoms with E-state index in [1.165, 1.54) is 0 Å². The Hall–Kier alpha value is -2.30. The van der Waals surface area contributed by atoms with Gasteiger partial charge in [0.15, 0.2) is 0 Å². The summed E-state index contributed by atoms with van der Waals surface area (Å²) in [5.74, 6) is 0.735. The zero-order valence-corrected chi connectivity index (χ0v) is 12.2. The summed E-state index contributed by atoms with van der Waals surface area (Å²) >= 11 is 0. The Balaban J connectivity index is 2.20. The molecule has 5 heteroatoms. The molecule has 5 nitrogen and oxygen atoms in total. The molecule has 1 amide bonds. The van der Waals surface area contributed by atoms with Crippen molar-refractivity contribution in [3.8, 4) is 0 Å². The van der Waals surface area contributed by atoms with Crippen molar-refractivity contribution < 1.29 is 9.32 Å². The largest absolute Gasteiger partial charge is 0.381 e. The molecule has 0 spiro atoms. The molecule has 1 heterocycles. The van der Waals surface area contributed by atoms with Gasteiger partial charge in [0, 0.05) is 30.4 Å². The lowest BCUT2D eigenvalue weighted by atomic mass is 10.1. The van der Waals surface area contributed by atoms with Gasteiger partial charge in [-0.1, -0.05) is 11.2 Å². The van der Waals surface area contributed by atoms with Crippen LogP contribution in [0.25, 0.3) is 0 Å². The van der Waals surface area contributed by atoms with Gasteiger partial charge in [0.2, 0.25) is 0 Å². The summed E-state index contributed by atoms with van der Waals surface area (Å²) in [5.41, 5.74) is 4.48. The summed E-state index contributed by atoms with van der Waals surface area (Å²) in [7, 11) is 1.63. The molecule has 0 saturated carbocycles. The summed E-state index contributed by atoms with van der Waals surface area (Å²) in [5, 5.41) is 9.91. The Morgan fingerprint density at radius 2 is 2.05 bits per heavy atom. The van der Waals surface area contributed by atoms with Crippen LogP contribution < -0.4 is 10.6 Å². The molecule has 106 valence electrons. The van der Waals surface area contributed by atoms with Gasteiger partial charge < -0.3 is 15.2 Å². The lowest BCUT2D eigenvalue weighted by Crippen LogP contribution is -2.19. The van der Waals surface area contributed by atoms with Gasteiger partial charge in [-0.25, -0.2) is 0 Å². The molecule has 0 saturated heterocycles. The number of anilines is 1. The molecule has 0 fully saturated rings. The Bertz CT molecular complexity index is 613. The van der Waals surface area contributed by atoms with Crippen LogP contribution in [0.4, 0.5) is 5.69 Å². The van der Waals surface area contributed by atoms with Gasteiger partial charge in [0.1, 0.15) is 5.76 Å². The van der Waals surface area contributed by atoms with Crippen molar-refractivity contribution in [2.45, 2.75) is 27.3 Å². The molecule has 0 atom stereocenters. The van der Waals surface area contributed by atoms with E-state index in [9.17, 15) is 4.79 Å². The zero-order valence-electron chi connectivity index (χ0n) is 12.2. The molecule has 0 aliphatic rings. The van der Waals surface area contributed by atoms with Crippen LogP contribution >= 0.6 is 0 Å². The Morgan fingerprint density at radius 1 is 1.30 bits per heavy atom. The predicted molar refractivity (Wildman–Crippen MR) is 77.9 cm³/mol. The summed E-state index contributed by atoms with van der Waals surface area (Å²) in [6, 6.07) is 5.64. The molecule has 1 aromatic heterocycles. The number of nitrogens with one attached hydrogen (secondary N) is 2. The highest BCUT2D eigenvalue weighted by Crippen LogP contribution is 2.21. The number of amides is 1. The maximum absolute atomic E-state index is 11.8. The molecular formula is C15H19N3O2. The van der Waals surface area contributed by atoms with Crippen LogP contribution in [0.3, 0.4) is 0 Å². The molecule has 2 rings (SSSR count). The molecule has 0 aliphatic carbocycles. The Kier molecular flexibility index (Phi) is 4.08. The SMILES string of the molecule is CNC(=O)c1cccc(NCc2c(C)noc2C)c1C. The third kappa shape index (κ3) is 2.66. The number of nitrogens with zero attached hydrogens (tertiary/aromatic N) is 1. The van der Waals surface area contributed by atoms with Crippen LogP contribution in [0.1, 0.15) is 32.9 Å². The van der Waals surface area contributed by atoms with E-state index >= 15 is 0 Å². The Labute approximate surface area is 118 Å². The van der Waals surface area contributed by atoms with Gasteiger partial charge in [-0.3, -0.25) is 4.79 Å². The quantitative estimate of drug-likeness (QED) is 0.898. The molecule has 0 unspecified atom stereocenters. The lowest BCUT2D eigenvalue weighted by molar-refractivity contribution is 0.0962. The maximum atomic E-state index is 11.8. The van der Waals surface area contributed by atoms with Gasteiger partial charge in [0.25, 0.3) is 5.91 Å². The van der Waals surface area contributed by atoms with Crippen molar-refractivity contribution in [1.29, 1.82) is 0 Å². The smallest absolute Gasteiger partial charge is 0.251 e. The van der Waals surface area contributed by atoms with Crippen LogP contribution in [-0.2, 0) is 6.54 Å². The third-order valence-electron chi connectivity index (χ3n) is 3.44. The average molecular weight is 273 g/mol. The van der Waals surface area contributed by atoms with Crippen LogP contribution in [0, 0.1) is 20.8 Å². The topological polar surface area (TPSA) is 67.2 Å². The normalized spacial score (nSPS) is 10.4. The van der Waals surface area contributed by atoms with Gasteiger partial charge in [0.05, 0.1) is 5.69 Å². The summed E-state index contributed by atoms with van der Waals surface area (Å²) in [4.78, 5) is 11.8. The van der Waals surface area contributed by atoms with E-state index in [0.29, 0.717) is 12.1 Å². The van der Waals surface area contributed by atoms with Crippen molar-refractivity contribution >= 4 is 11.6 Å². The third-order valence-corrected chi connectivity index (χ3v) is 3.44. The number of carbonyl (C=O) groups excluding carboxylic acids is 1. The number of aryl methyl sites for hydroxylation is 2. The van der Waals surface area contributed by atoms with Crippen molar-refractivity contribution in [2.24, 2.45) is 0 Å². The standard InChI is InChI=1S/C15H19N3O2/c1-9-12(15(19)16-4)6-5-7-14(9)17-8-13-10(2)18-20-11(13)3/h5-7,17H,8H2,1-4H3,(H,16,19). The van der Waals surface area contributed by atoms with E-state index in [2.05, 4.69) is 15.8 Å². The molecule has 2 N–H and O–H groups in total. The van der Waals surface area contributed by atoms with Crippen LogP contribution in [0.15, 0.2) is 22.7 Å². The number of benzene rings is 1. The van der Waals surface area contributed by atoms with E-state index in [1.54, 1.807) is 7.05 Å². The first-order valence-corrected chi connectivity index (χ1v) is 6.52. The summed E-state index contributed by atoms with van der Waals surface area (Å²) in [6.45, 7) is 6.37. The van der Waals surface area contributed by atoms with Crippen LogP contribution in [0.2, 0.25) is 0 Å². The number of rotatable bonds is 4. The number of carbonyl (C=O) groups is 1. The second-order valence-electron chi connectivity index (χ2n) is 4.71. The highest BCUT2D eigenvalue weighted by atomic mass is 16.5. The van der Waals surface area contributed by atoms with E-state index in [-0.39, 0.29) is 5.91 Å². The van der Waals surface area contributed by atoms with Crippen molar-refractivity contribution in [3.63, 3.8) is 0 Å². The van der Waals surface area contributed by atoms with Crippen molar-refractivity contribution in [2.75, 3.05) is 12.4 Å². The summed E-state index contributed by atoms with van der Waals surface area (Å²) < 4.78 is 5.14. The molecule has 2 aromatic rings. The molecular weight excluding hydrogens is 254 g/mol. The number of hydrogen-bond acceptors (Lipinski definition) is 4. The highest BCUT2D eigenvalue weighted by molar-refractivity contribution is 5.96. The minimum absolute atomic E-state index is 0.0801. The van der Waals surface area contributed by atoms with E-state index in [1.807, 2.05) is 39.0 Å². The zero-order chi connectivity index (χ0) is 14.7. The van der Waals surface area contributed by atoms with Gasteiger partial charge in [-0.15, -0.1) is 0 Å². The second-order valence-corrected chi connectivity index (χ2v) is 4.71. The molecule has 0 aliphatic heterocycles. The first-order valence-electron chi connectivity index (χ1n) is 6.52. The van der Waals surface area contributed by atoms with E-state index in [0.717, 1.165) is 28.3 Å². The lowest BCUT2D eigenvalue weighted by Gasteiger charge is -2.12.